The first kappa shape index (κ1) is 7.56. The fraction of sp³-hybridized carbons (Fsp3) is 0.700. The minimum absolute atomic E-state index is 0.287. The number of allylic oxidation sites excluding steroid dienone is 2. The molecule has 0 amide bonds. The van der Waals surface area contributed by atoms with Crippen LogP contribution >= 0.6 is 0 Å². The summed E-state index contributed by atoms with van der Waals surface area (Å²) in [6, 6.07) is -0.287. The van der Waals surface area contributed by atoms with E-state index in [0.29, 0.717) is 23.7 Å². The van der Waals surface area contributed by atoms with E-state index in [0.717, 1.165) is 6.54 Å². The molecule has 0 radical (unpaired) electrons. The number of aliphatic carboxylic acids is 1. The molecule has 0 aromatic heterocycles. The van der Waals surface area contributed by atoms with E-state index in [1.165, 1.54) is 6.42 Å². The Morgan fingerprint density at radius 1 is 1.38 bits per heavy atom. The zero-order chi connectivity index (χ0) is 9.00. The van der Waals surface area contributed by atoms with Gasteiger partial charge in [-0.2, -0.15) is 0 Å². The highest BCUT2D eigenvalue weighted by atomic mass is 16.4. The van der Waals surface area contributed by atoms with Crippen molar-refractivity contribution in [3.8, 4) is 0 Å². The van der Waals surface area contributed by atoms with Gasteiger partial charge in [0.2, 0.25) is 0 Å². The minimum atomic E-state index is -0.673. The molecule has 3 aliphatic rings. The third-order valence-corrected chi connectivity index (χ3v) is 3.91. The van der Waals surface area contributed by atoms with Crippen molar-refractivity contribution in [1.29, 1.82) is 0 Å². The maximum atomic E-state index is 10.9. The summed E-state index contributed by atoms with van der Waals surface area (Å²) in [5.74, 6) is 1.48. The predicted octanol–water partition coefficient (Wildman–Crippen LogP) is 0.481. The molecule has 2 fully saturated rings. The third-order valence-electron chi connectivity index (χ3n) is 3.91. The number of carboxylic acid groups (broad SMARTS) is 1. The zero-order valence-corrected chi connectivity index (χ0v) is 7.31. The van der Waals surface area contributed by atoms with Gasteiger partial charge in [-0.3, -0.25) is 4.79 Å². The van der Waals surface area contributed by atoms with Crippen LogP contribution in [0.2, 0.25) is 0 Å². The second-order valence-electron chi connectivity index (χ2n) is 4.41. The van der Waals surface area contributed by atoms with Crippen LogP contribution in [0.5, 0.6) is 0 Å². The van der Waals surface area contributed by atoms with E-state index in [2.05, 4.69) is 17.5 Å². The average Bonchev–Trinajstić information content (AvgIpc) is 2.76. The molecule has 2 aliphatic carbocycles. The van der Waals surface area contributed by atoms with Crippen LogP contribution in [-0.2, 0) is 4.79 Å². The first-order valence-corrected chi connectivity index (χ1v) is 4.92. The van der Waals surface area contributed by atoms with Crippen LogP contribution in [0.4, 0.5) is 0 Å². The van der Waals surface area contributed by atoms with Gasteiger partial charge in [0.1, 0.15) is 6.04 Å². The molecule has 0 spiro atoms. The minimum Gasteiger partial charge on any atom is -0.480 e. The number of carboxylic acids is 1. The van der Waals surface area contributed by atoms with E-state index in [4.69, 9.17) is 5.11 Å². The Balaban J connectivity index is 1.92. The maximum absolute atomic E-state index is 10.9. The van der Waals surface area contributed by atoms with Gasteiger partial charge < -0.3 is 10.4 Å². The number of nitrogens with one attached hydrogen (secondary N) is 1. The maximum Gasteiger partial charge on any atom is 0.321 e. The first-order chi connectivity index (χ1) is 6.27. The van der Waals surface area contributed by atoms with Crippen LogP contribution in [0.3, 0.4) is 0 Å². The van der Waals surface area contributed by atoms with Gasteiger partial charge in [0, 0.05) is 0 Å². The summed E-state index contributed by atoms with van der Waals surface area (Å²) < 4.78 is 0. The van der Waals surface area contributed by atoms with E-state index in [9.17, 15) is 4.79 Å². The summed E-state index contributed by atoms with van der Waals surface area (Å²) in [5, 5.41) is 12.1. The number of rotatable bonds is 1. The SMILES string of the molecule is O=C(O)[C@H]1NCC2[C@@H]1[C@H]1C=C[C@@H]2C1. The summed E-state index contributed by atoms with van der Waals surface area (Å²) in [5.41, 5.74) is 0. The molecule has 1 aliphatic heterocycles. The van der Waals surface area contributed by atoms with E-state index < -0.39 is 5.97 Å². The molecule has 3 rings (SSSR count). The van der Waals surface area contributed by atoms with Crippen molar-refractivity contribution >= 4 is 5.97 Å². The van der Waals surface area contributed by atoms with E-state index in [1.807, 2.05) is 0 Å². The Kier molecular flexibility index (Phi) is 1.37. The van der Waals surface area contributed by atoms with Crippen LogP contribution in [0.1, 0.15) is 6.42 Å². The summed E-state index contributed by atoms with van der Waals surface area (Å²) in [6.45, 7) is 0.896. The lowest BCUT2D eigenvalue weighted by atomic mass is 9.82. The van der Waals surface area contributed by atoms with Gasteiger partial charge in [0.05, 0.1) is 0 Å². The van der Waals surface area contributed by atoms with Crippen LogP contribution in [0, 0.1) is 23.7 Å². The van der Waals surface area contributed by atoms with Crippen molar-refractivity contribution < 1.29 is 9.90 Å². The van der Waals surface area contributed by atoms with E-state index in [-0.39, 0.29) is 6.04 Å². The van der Waals surface area contributed by atoms with Gasteiger partial charge in [-0.1, -0.05) is 12.2 Å². The molecule has 1 unspecified atom stereocenters. The van der Waals surface area contributed by atoms with Gasteiger partial charge in [-0.15, -0.1) is 0 Å². The molecule has 5 atom stereocenters. The van der Waals surface area contributed by atoms with Crippen molar-refractivity contribution in [2.45, 2.75) is 12.5 Å². The molecule has 1 saturated carbocycles. The largest absolute Gasteiger partial charge is 0.480 e. The Morgan fingerprint density at radius 2 is 2.15 bits per heavy atom. The number of hydrogen-bond acceptors (Lipinski definition) is 2. The van der Waals surface area contributed by atoms with Gasteiger partial charge in [0.25, 0.3) is 0 Å². The second-order valence-corrected chi connectivity index (χ2v) is 4.41. The lowest BCUT2D eigenvalue weighted by Gasteiger charge is -2.22. The van der Waals surface area contributed by atoms with Crippen LogP contribution < -0.4 is 5.32 Å². The number of carbonyl (C=O) groups is 1. The van der Waals surface area contributed by atoms with E-state index >= 15 is 0 Å². The predicted molar refractivity (Wildman–Crippen MR) is 47.1 cm³/mol. The second kappa shape index (κ2) is 2.35. The normalized spacial score (nSPS) is 51.2. The van der Waals surface area contributed by atoms with Crippen molar-refractivity contribution in [2.24, 2.45) is 23.7 Å². The van der Waals surface area contributed by atoms with Gasteiger partial charge in [-0.05, 0) is 36.6 Å². The van der Waals surface area contributed by atoms with Crippen molar-refractivity contribution in [2.75, 3.05) is 6.54 Å². The summed E-state index contributed by atoms with van der Waals surface area (Å²) >= 11 is 0. The van der Waals surface area contributed by atoms with Crippen molar-refractivity contribution in [3.63, 3.8) is 0 Å². The van der Waals surface area contributed by atoms with Crippen LogP contribution in [0.25, 0.3) is 0 Å². The van der Waals surface area contributed by atoms with Crippen molar-refractivity contribution in [3.05, 3.63) is 12.2 Å². The summed E-state index contributed by atoms with van der Waals surface area (Å²) in [7, 11) is 0. The lowest BCUT2D eigenvalue weighted by molar-refractivity contribution is -0.140. The highest BCUT2D eigenvalue weighted by Crippen LogP contribution is 2.51. The fourth-order valence-corrected chi connectivity index (χ4v) is 3.40. The average molecular weight is 179 g/mol. The molecule has 3 nitrogen and oxygen atoms in total. The standard InChI is InChI=1S/C10H13NO2/c12-10(13)9-8-6-2-1-5(3-6)7(8)4-11-9/h1-2,5-9,11H,3-4H2,(H,12,13)/t5-,6+,7?,8+,9+/m1/s1. The molecule has 70 valence electrons. The van der Waals surface area contributed by atoms with Crippen LogP contribution in [0.15, 0.2) is 12.2 Å². The van der Waals surface area contributed by atoms with Gasteiger partial charge in [-0.25, -0.2) is 0 Å². The van der Waals surface area contributed by atoms with Crippen molar-refractivity contribution in [1.82, 2.24) is 5.32 Å². The van der Waals surface area contributed by atoms with E-state index in [1.54, 1.807) is 0 Å². The highest BCUT2D eigenvalue weighted by molar-refractivity contribution is 5.74. The van der Waals surface area contributed by atoms with Crippen LogP contribution in [-0.4, -0.2) is 23.7 Å². The lowest BCUT2D eigenvalue weighted by Crippen LogP contribution is -2.37. The first-order valence-electron chi connectivity index (χ1n) is 4.92. The topological polar surface area (TPSA) is 49.3 Å². The Labute approximate surface area is 76.8 Å². The fourth-order valence-electron chi connectivity index (χ4n) is 3.40. The molecule has 1 heterocycles. The van der Waals surface area contributed by atoms with Gasteiger partial charge in [0.15, 0.2) is 0 Å². The van der Waals surface area contributed by atoms with Gasteiger partial charge >= 0.3 is 5.97 Å². The Morgan fingerprint density at radius 3 is 2.92 bits per heavy atom. The Hall–Kier alpha value is -0.830. The Bertz CT molecular complexity index is 287. The molecule has 13 heavy (non-hydrogen) atoms. The number of hydrogen-bond donors (Lipinski definition) is 2. The number of fused-ring (bicyclic) bond motifs is 5. The summed E-state index contributed by atoms with van der Waals surface area (Å²) in [6.07, 6.45) is 5.69. The monoisotopic (exact) mass is 179 g/mol. The highest BCUT2D eigenvalue weighted by Gasteiger charge is 2.53. The molecule has 2 bridgehead atoms. The molecule has 0 aromatic carbocycles. The molecule has 2 N–H and O–H groups in total. The smallest absolute Gasteiger partial charge is 0.321 e. The molecular weight excluding hydrogens is 166 g/mol. The zero-order valence-electron chi connectivity index (χ0n) is 7.31. The summed E-state index contributed by atoms with van der Waals surface area (Å²) in [4.78, 5) is 10.9. The molecule has 0 aromatic rings. The molecular formula is C10H13NO2. The third kappa shape index (κ3) is 0.854. The molecule has 1 saturated heterocycles. The molecule has 3 heteroatoms. The quantitative estimate of drug-likeness (QED) is 0.576.